The van der Waals surface area contributed by atoms with Crippen LogP contribution < -0.4 is 16.0 Å². The van der Waals surface area contributed by atoms with Gasteiger partial charge in [0, 0.05) is 24.8 Å². The van der Waals surface area contributed by atoms with E-state index < -0.39 is 41.4 Å². The van der Waals surface area contributed by atoms with Gasteiger partial charge >= 0.3 is 11.7 Å². The van der Waals surface area contributed by atoms with E-state index >= 15 is 0 Å². The molecule has 0 unspecified atom stereocenters. The van der Waals surface area contributed by atoms with E-state index in [-0.39, 0.29) is 24.3 Å². The van der Waals surface area contributed by atoms with Gasteiger partial charge in [-0.25, -0.2) is 9.59 Å². The quantitative estimate of drug-likeness (QED) is 0.563. The number of aromatic nitrogens is 2. The summed E-state index contributed by atoms with van der Waals surface area (Å²) >= 11 is 0. The molecule has 0 radical (unpaired) electrons. The summed E-state index contributed by atoms with van der Waals surface area (Å²) in [7, 11) is 0. The molecular weight excluding hydrogens is 348 g/mol. The van der Waals surface area contributed by atoms with Gasteiger partial charge < -0.3 is 24.8 Å². The van der Waals surface area contributed by atoms with Crippen LogP contribution in [0.2, 0.25) is 0 Å². The molecule has 1 saturated heterocycles. The fourth-order valence-corrected chi connectivity index (χ4v) is 2.65. The standard InChI is InChI=1S/C16H16N2O8/c19-10-5-8(1-2-9(10)15(22)23)25-7-12-11(20)6-14(26-12)18-4-3-13(21)17-16(18)24/h1-5,11-12,14,19-20H,6-7H2,(H,22,23)(H,17,21,24)/t11-,12+,14+/m0/s1. The van der Waals surface area contributed by atoms with Crippen molar-refractivity contribution in [3.05, 3.63) is 56.9 Å². The first-order chi connectivity index (χ1) is 12.3. The normalized spacial score (nSPS) is 22.3. The van der Waals surface area contributed by atoms with Crippen molar-refractivity contribution in [3.63, 3.8) is 0 Å². The molecule has 0 spiro atoms. The van der Waals surface area contributed by atoms with E-state index in [0.29, 0.717) is 0 Å². The Kier molecular flexibility index (Phi) is 4.78. The van der Waals surface area contributed by atoms with Crippen LogP contribution in [0.25, 0.3) is 0 Å². The van der Waals surface area contributed by atoms with Gasteiger partial charge in [0.1, 0.15) is 36.0 Å². The molecule has 0 aliphatic carbocycles. The van der Waals surface area contributed by atoms with E-state index in [1.165, 1.54) is 24.4 Å². The number of hydrogen-bond acceptors (Lipinski definition) is 7. The minimum atomic E-state index is -1.27. The number of hydrogen-bond donors (Lipinski definition) is 4. The van der Waals surface area contributed by atoms with Crippen molar-refractivity contribution in [3.8, 4) is 11.5 Å². The van der Waals surface area contributed by atoms with Gasteiger partial charge in [-0.05, 0) is 12.1 Å². The monoisotopic (exact) mass is 364 g/mol. The lowest BCUT2D eigenvalue weighted by Crippen LogP contribution is -2.32. The molecule has 0 amide bonds. The van der Waals surface area contributed by atoms with Gasteiger partial charge in [-0.2, -0.15) is 0 Å². The molecule has 10 heteroatoms. The number of aliphatic hydroxyl groups excluding tert-OH is 1. The molecule has 138 valence electrons. The number of aliphatic hydroxyl groups is 1. The summed E-state index contributed by atoms with van der Waals surface area (Å²) in [6.07, 6.45) is -1.01. The second-order valence-electron chi connectivity index (χ2n) is 5.74. The van der Waals surface area contributed by atoms with Gasteiger partial charge in [0.05, 0.1) is 6.10 Å². The SMILES string of the molecule is O=C(O)c1ccc(OC[C@H]2O[C@@H](n3ccc(=O)[nH]c3=O)C[C@@H]2O)cc1O. The van der Waals surface area contributed by atoms with Crippen LogP contribution in [-0.4, -0.2) is 49.7 Å². The molecule has 2 aromatic rings. The number of carboxylic acids is 1. The van der Waals surface area contributed by atoms with Crippen LogP contribution in [0, 0.1) is 0 Å². The highest BCUT2D eigenvalue weighted by molar-refractivity contribution is 5.90. The average molecular weight is 364 g/mol. The van der Waals surface area contributed by atoms with Crippen molar-refractivity contribution in [1.82, 2.24) is 9.55 Å². The summed E-state index contributed by atoms with van der Waals surface area (Å²) in [5, 5.41) is 28.6. The highest BCUT2D eigenvalue weighted by Gasteiger charge is 2.36. The number of H-pyrrole nitrogens is 1. The third kappa shape index (κ3) is 3.60. The van der Waals surface area contributed by atoms with E-state index in [4.69, 9.17) is 14.6 Å². The Morgan fingerprint density at radius 3 is 2.77 bits per heavy atom. The predicted octanol–water partition coefficient (Wildman–Crippen LogP) is -0.332. The first-order valence-electron chi connectivity index (χ1n) is 7.69. The van der Waals surface area contributed by atoms with Gasteiger partial charge in [0.15, 0.2) is 0 Å². The van der Waals surface area contributed by atoms with Crippen molar-refractivity contribution >= 4 is 5.97 Å². The molecule has 0 bridgehead atoms. The highest BCUT2D eigenvalue weighted by Crippen LogP contribution is 2.29. The van der Waals surface area contributed by atoms with Gasteiger partial charge in [0.25, 0.3) is 5.56 Å². The molecule has 4 N–H and O–H groups in total. The number of phenols is 1. The second-order valence-corrected chi connectivity index (χ2v) is 5.74. The minimum Gasteiger partial charge on any atom is -0.507 e. The van der Waals surface area contributed by atoms with Crippen LogP contribution in [0.5, 0.6) is 11.5 Å². The number of ether oxygens (including phenoxy) is 2. The van der Waals surface area contributed by atoms with E-state index in [2.05, 4.69) is 4.98 Å². The number of nitrogens with zero attached hydrogens (tertiary/aromatic N) is 1. The first-order valence-corrected chi connectivity index (χ1v) is 7.69. The molecule has 26 heavy (non-hydrogen) atoms. The number of carboxylic acid groups (broad SMARTS) is 1. The Morgan fingerprint density at radius 2 is 2.12 bits per heavy atom. The zero-order chi connectivity index (χ0) is 18.8. The number of nitrogens with one attached hydrogen (secondary N) is 1. The summed E-state index contributed by atoms with van der Waals surface area (Å²) in [6.45, 7) is -0.0817. The highest BCUT2D eigenvalue weighted by atomic mass is 16.6. The molecule has 1 aromatic carbocycles. The Balaban J connectivity index is 1.66. The van der Waals surface area contributed by atoms with Crippen LogP contribution in [0.3, 0.4) is 0 Å². The van der Waals surface area contributed by atoms with Crippen molar-refractivity contribution in [2.24, 2.45) is 0 Å². The summed E-state index contributed by atoms with van der Waals surface area (Å²) < 4.78 is 12.2. The van der Waals surface area contributed by atoms with E-state index in [0.717, 1.165) is 10.6 Å². The maximum Gasteiger partial charge on any atom is 0.339 e. The van der Waals surface area contributed by atoms with Crippen molar-refractivity contribution in [2.75, 3.05) is 6.61 Å². The number of rotatable bonds is 5. The van der Waals surface area contributed by atoms with Crippen LogP contribution in [0.4, 0.5) is 0 Å². The van der Waals surface area contributed by atoms with Gasteiger partial charge in [-0.1, -0.05) is 0 Å². The van der Waals surface area contributed by atoms with Crippen LogP contribution >= 0.6 is 0 Å². The van der Waals surface area contributed by atoms with Gasteiger partial charge in [-0.3, -0.25) is 14.3 Å². The summed E-state index contributed by atoms with van der Waals surface area (Å²) in [5.74, 6) is -1.51. The number of aromatic amines is 1. The lowest BCUT2D eigenvalue weighted by Gasteiger charge is -2.17. The third-order valence-electron chi connectivity index (χ3n) is 3.98. The zero-order valence-corrected chi connectivity index (χ0v) is 13.4. The summed E-state index contributed by atoms with van der Waals surface area (Å²) in [5.41, 5.74) is -1.44. The van der Waals surface area contributed by atoms with Crippen LogP contribution in [-0.2, 0) is 4.74 Å². The Labute approximate surface area is 145 Å². The Bertz CT molecular complexity index is 934. The maximum absolute atomic E-state index is 11.8. The molecule has 3 atom stereocenters. The largest absolute Gasteiger partial charge is 0.507 e. The number of benzene rings is 1. The van der Waals surface area contributed by atoms with Crippen LogP contribution in [0.1, 0.15) is 23.0 Å². The number of carbonyl (C=O) groups is 1. The molecule has 0 saturated carbocycles. The fourth-order valence-electron chi connectivity index (χ4n) is 2.65. The second kappa shape index (κ2) is 7.02. The van der Waals surface area contributed by atoms with Crippen molar-refractivity contribution in [1.29, 1.82) is 0 Å². The Hall–Kier alpha value is -3.11. The lowest BCUT2D eigenvalue weighted by atomic mass is 10.2. The van der Waals surface area contributed by atoms with E-state index in [1.807, 2.05) is 0 Å². The molecule has 1 aliphatic heterocycles. The molecule has 2 heterocycles. The first kappa shape index (κ1) is 17.7. The smallest absolute Gasteiger partial charge is 0.339 e. The van der Waals surface area contributed by atoms with E-state index in [1.54, 1.807) is 0 Å². The lowest BCUT2D eigenvalue weighted by molar-refractivity contribution is -0.0410. The van der Waals surface area contributed by atoms with Gasteiger partial charge in [-0.15, -0.1) is 0 Å². The fraction of sp³-hybridized carbons (Fsp3) is 0.312. The molecular formula is C16H16N2O8. The maximum atomic E-state index is 11.8. The summed E-state index contributed by atoms with van der Waals surface area (Å²) in [4.78, 5) is 35.9. The van der Waals surface area contributed by atoms with E-state index in [9.17, 15) is 24.6 Å². The Morgan fingerprint density at radius 1 is 1.35 bits per heavy atom. The molecule has 1 aliphatic rings. The van der Waals surface area contributed by atoms with Gasteiger partial charge in [0.2, 0.25) is 0 Å². The topological polar surface area (TPSA) is 151 Å². The van der Waals surface area contributed by atoms with Crippen LogP contribution in [0.15, 0.2) is 40.1 Å². The van der Waals surface area contributed by atoms with Crippen molar-refractivity contribution in [2.45, 2.75) is 24.9 Å². The molecule has 3 rings (SSSR count). The molecule has 10 nitrogen and oxygen atoms in total. The minimum absolute atomic E-state index is 0.0817. The number of aromatic hydroxyl groups is 1. The average Bonchev–Trinajstić information content (AvgIpc) is 2.93. The third-order valence-corrected chi connectivity index (χ3v) is 3.98. The predicted molar refractivity (Wildman–Crippen MR) is 86.4 cm³/mol. The van der Waals surface area contributed by atoms with Crippen molar-refractivity contribution < 1.29 is 29.6 Å². The molecule has 1 fully saturated rings. The molecule has 1 aromatic heterocycles. The zero-order valence-electron chi connectivity index (χ0n) is 13.4. The summed E-state index contributed by atoms with van der Waals surface area (Å²) in [6, 6.07) is 4.89. The number of aromatic carboxylic acids is 1.